The molecule has 3 heterocycles. The van der Waals surface area contributed by atoms with Crippen LogP contribution in [0.2, 0.25) is 0 Å². The Labute approximate surface area is 160 Å². The molecule has 144 valence electrons. The van der Waals surface area contributed by atoms with E-state index in [9.17, 15) is 10.2 Å². The van der Waals surface area contributed by atoms with E-state index >= 15 is 0 Å². The summed E-state index contributed by atoms with van der Waals surface area (Å²) in [5, 5.41) is 21.0. The Balaban J connectivity index is 1.66. The minimum atomic E-state index is -0.267. The summed E-state index contributed by atoms with van der Waals surface area (Å²) in [6.45, 7) is 5.55. The van der Waals surface area contributed by atoms with Gasteiger partial charge in [-0.3, -0.25) is 0 Å². The molecule has 2 aliphatic heterocycles. The van der Waals surface area contributed by atoms with Crippen LogP contribution in [0.3, 0.4) is 0 Å². The number of anilines is 1. The summed E-state index contributed by atoms with van der Waals surface area (Å²) >= 11 is 0. The van der Waals surface area contributed by atoms with Crippen LogP contribution in [0.25, 0.3) is 11.4 Å². The van der Waals surface area contributed by atoms with Crippen molar-refractivity contribution in [3.63, 3.8) is 0 Å². The molecule has 2 fully saturated rings. The third-order valence-corrected chi connectivity index (χ3v) is 5.99. The maximum Gasteiger partial charge on any atom is 0.165 e. The molecule has 0 radical (unpaired) electrons. The Bertz CT molecular complexity index is 828. The van der Waals surface area contributed by atoms with E-state index < -0.39 is 0 Å². The SMILES string of the molecule is Cc1cc(N2CCC[C@]3(CN(C)CC[C@@H]3O)C2)nc(-c2ccccc2O)n1. The summed E-state index contributed by atoms with van der Waals surface area (Å²) < 4.78 is 0. The monoisotopic (exact) mass is 368 g/mol. The maximum atomic E-state index is 10.8. The molecule has 2 aliphatic rings. The lowest BCUT2D eigenvalue weighted by molar-refractivity contribution is -0.0466. The van der Waals surface area contributed by atoms with Crippen molar-refractivity contribution in [2.24, 2.45) is 5.41 Å². The van der Waals surface area contributed by atoms with Crippen LogP contribution in [0.5, 0.6) is 5.75 Å². The Morgan fingerprint density at radius 1 is 1.15 bits per heavy atom. The second-order valence-corrected chi connectivity index (χ2v) is 8.14. The molecule has 6 heteroatoms. The summed E-state index contributed by atoms with van der Waals surface area (Å²) in [5.41, 5.74) is 1.42. The van der Waals surface area contributed by atoms with Crippen molar-refractivity contribution in [1.82, 2.24) is 14.9 Å². The normalized spacial score (nSPS) is 26.5. The lowest BCUT2D eigenvalue weighted by atomic mass is 9.71. The average molecular weight is 368 g/mol. The molecule has 2 N–H and O–H groups in total. The first-order chi connectivity index (χ1) is 13.0. The molecular formula is C21H28N4O2. The fourth-order valence-electron chi connectivity index (χ4n) is 4.62. The van der Waals surface area contributed by atoms with Crippen molar-refractivity contribution in [1.29, 1.82) is 0 Å². The molecule has 2 atom stereocenters. The number of hydrogen-bond donors (Lipinski definition) is 2. The second kappa shape index (κ2) is 7.09. The molecule has 1 aromatic carbocycles. The van der Waals surface area contributed by atoms with Gasteiger partial charge in [-0.05, 0) is 45.4 Å². The van der Waals surface area contributed by atoms with Crippen molar-refractivity contribution in [3.8, 4) is 17.1 Å². The summed E-state index contributed by atoms with van der Waals surface area (Å²) in [6.07, 6.45) is 2.65. The molecule has 1 aromatic heterocycles. The largest absolute Gasteiger partial charge is 0.507 e. The van der Waals surface area contributed by atoms with Gasteiger partial charge < -0.3 is 20.0 Å². The van der Waals surface area contributed by atoms with Crippen LogP contribution in [0.15, 0.2) is 30.3 Å². The molecular weight excluding hydrogens is 340 g/mol. The predicted octanol–water partition coefficient (Wildman–Crippen LogP) is 2.44. The lowest BCUT2D eigenvalue weighted by Gasteiger charge is -2.50. The number of hydrogen-bond acceptors (Lipinski definition) is 6. The van der Waals surface area contributed by atoms with Gasteiger partial charge in [0.25, 0.3) is 0 Å². The number of phenols is 1. The Morgan fingerprint density at radius 3 is 2.78 bits per heavy atom. The highest BCUT2D eigenvalue weighted by Gasteiger charge is 2.45. The van der Waals surface area contributed by atoms with Crippen LogP contribution in [0, 0.1) is 12.3 Å². The molecule has 0 aliphatic carbocycles. The van der Waals surface area contributed by atoms with Gasteiger partial charge in [-0.25, -0.2) is 9.97 Å². The molecule has 4 rings (SSSR count). The van der Waals surface area contributed by atoms with Gasteiger partial charge in [-0.2, -0.15) is 0 Å². The van der Waals surface area contributed by atoms with E-state index in [2.05, 4.69) is 21.8 Å². The highest BCUT2D eigenvalue weighted by molar-refractivity contribution is 5.65. The molecule has 2 saturated heterocycles. The lowest BCUT2D eigenvalue weighted by Crippen LogP contribution is -2.58. The molecule has 0 saturated carbocycles. The minimum Gasteiger partial charge on any atom is -0.507 e. The molecule has 0 bridgehead atoms. The average Bonchev–Trinajstić information content (AvgIpc) is 2.65. The van der Waals surface area contributed by atoms with Gasteiger partial charge in [0.15, 0.2) is 5.82 Å². The van der Waals surface area contributed by atoms with Crippen LogP contribution in [-0.2, 0) is 0 Å². The number of aliphatic hydroxyl groups is 1. The Kier molecular flexibility index (Phi) is 4.78. The number of aromatic nitrogens is 2. The van der Waals surface area contributed by atoms with Crippen molar-refractivity contribution in [2.45, 2.75) is 32.3 Å². The van der Waals surface area contributed by atoms with Gasteiger partial charge in [0.1, 0.15) is 11.6 Å². The van der Waals surface area contributed by atoms with E-state index in [0.717, 1.165) is 57.0 Å². The van der Waals surface area contributed by atoms with Crippen LogP contribution >= 0.6 is 0 Å². The van der Waals surface area contributed by atoms with Gasteiger partial charge >= 0.3 is 0 Å². The van der Waals surface area contributed by atoms with Crippen LogP contribution < -0.4 is 4.90 Å². The molecule has 27 heavy (non-hydrogen) atoms. The van der Waals surface area contributed by atoms with E-state index in [1.165, 1.54) is 0 Å². The number of aryl methyl sites for hydroxylation is 1. The van der Waals surface area contributed by atoms with E-state index in [1.54, 1.807) is 12.1 Å². The number of likely N-dealkylation sites (tertiary alicyclic amines) is 1. The summed E-state index contributed by atoms with van der Waals surface area (Å²) in [4.78, 5) is 13.9. The molecule has 6 nitrogen and oxygen atoms in total. The Morgan fingerprint density at radius 2 is 1.96 bits per heavy atom. The predicted molar refractivity (Wildman–Crippen MR) is 106 cm³/mol. The first-order valence-electron chi connectivity index (χ1n) is 9.72. The topological polar surface area (TPSA) is 72.7 Å². The second-order valence-electron chi connectivity index (χ2n) is 8.14. The molecule has 2 aromatic rings. The maximum absolute atomic E-state index is 10.8. The number of aromatic hydroxyl groups is 1. The Hall–Kier alpha value is -2.18. The van der Waals surface area contributed by atoms with E-state index in [0.29, 0.717) is 11.4 Å². The van der Waals surface area contributed by atoms with Crippen molar-refractivity contribution >= 4 is 5.82 Å². The van der Waals surface area contributed by atoms with Crippen molar-refractivity contribution in [3.05, 3.63) is 36.0 Å². The number of benzene rings is 1. The van der Waals surface area contributed by atoms with Gasteiger partial charge in [0.05, 0.1) is 11.7 Å². The van der Waals surface area contributed by atoms with Crippen molar-refractivity contribution in [2.75, 3.05) is 38.1 Å². The zero-order chi connectivity index (χ0) is 19.0. The van der Waals surface area contributed by atoms with Gasteiger partial charge in [-0.15, -0.1) is 0 Å². The van der Waals surface area contributed by atoms with Crippen LogP contribution in [-0.4, -0.2) is 64.4 Å². The van der Waals surface area contributed by atoms with Gasteiger partial charge in [-0.1, -0.05) is 12.1 Å². The third kappa shape index (κ3) is 3.51. The number of aliphatic hydroxyl groups excluding tert-OH is 1. The summed E-state index contributed by atoms with van der Waals surface area (Å²) in [6, 6.07) is 9.17. The number of rotatable bonds is 2. The first kappa shape index (κ1) is 18.2. The number of piperidine rings is 2. The van der Waals surface area contributed by atoms with Crippen LogP contribution in [0.4, 0.5) is 5.82 Å². The quantitative estimate of drug-likeness (QED) is 0.848. The standard InChI is InChI=1S/C21H28N4O2/c1-15-12-19(23-20(22-15)16-6-3-4-7-17(16)26)25-10-5-9-21(14-25)13-24(2)11-8-18(21)27/h3-4,6-7,12,18,26-27H,5,8-11,13-14H2,1-2H3/t18-,21-/m0/s1. The van der Waals surface area contributed by atoms with E-state index in [4.69, 9.17) is 4.98 Å². The number of para-hydroxylation sites is 1. The molecule has 0 unspecified atom stereocenters. The van der Waals surface area contributed by atoms with E-state index in [1.807, 2.05) is 25.1 Å². The summed E-state index contributed by atoms with van der Waals surface area (Å²) in [7, 11) is 2.14. The number of nitrogens with zero attached hydrogens (tertiary/aromatic N) is 4. The summed E-state index contributed by atoms with van der Waals surface area (Å²) in [5.74, 6) is 1.61. The highest BCUT2D eigenvalue weighted by Crippen LogP contribution is 2.40. The zero-order valence-electron chi connectivity index (χ0n) is 16.1. The minimum absolute atomic E-state index is 0.0981. The van der Waals surface area contributed by atoms with Crippen molar-refractivity contribution < 1.29 is 10.2 Å². The number of phenolic OH excluding ortho intramolecular Hbond substituents is 1. The first-order valence-corrected chi connectivity index (χ1v) is 9.72. The molecule has 1 spiro atoms. The van der Waals surface area contributed by atoms with Crippen LogP contribution in [0.1, 0.15) is 25.0 Å². The van der Waals surface area contributed by atoms with Gasteiger partial charge in [0, 0.05) is 43.4 Å². The zero-order valence-corrected chi connectivity index (χ0v) is 16.1. The smallest absolute Gasteiger partial charge is 0.165 e. The van der Waals surface area contributed by atoms with E-state index in [-0.39, 0.29) is 17.3 Å². The van der Waals surface area contributed by atoms with Gasteiger partial charge in [0.2, 0.25) is 0 Å². The fourth-order valence-corrected chi connectivity index (χ4v) is 4.62. The highest BCUT2D eigenvalue weighted by atomic mass is 16.3. The molecule has 0 amide bonds. The third-order valence-electron chi connectivity index (χ3n) is 5.99. The fraction of sp³-hybridized carbons (Fsp3) is 0.524.